The van der Waals surface area contributed by atoms with E-state index in [2.05, 4.69) is 9.55 Å². The van der Waals surface area contributed by atoms with Gasteiger partial charge in [0.2, 0.25) is 0 Å². The molecular weight excluding hydrogens is 262 g/mol. The lowest BCUT2D eigenvalue weighted by Crippen LogP contribution is -2.27. The highest BCUT2D eigenvalue weighted by Gasteiger charge is 2.24. The van der Waals surface area contributed by atoms with Gasteiger partial charge >= 0.3 is 0 Å². The van der Waals surface area contributed by atoms with Crippen molar-refractivity contribution in [3.63, 3.8) is 0 Å². The van der Waals surface area contributed by atoms with Crippen LogP contribution in [0.1, 0.15) is 17.5 Å². The van der Waals surface area contributed by atoms with Crippen LogP contribution in [0, 0.1) is 0 Å². The molecular formula is C17H19N3O. The fourth-order valence-corrected chi connectivity index (χ4v) is 2.86. The zero-order valence-electron chi connectivity index (χ0n) is 11.8. The number of benzene rings is 2. The number of hydrogen-bond donors (Lipinski definition) is 2. The van der Waals surface area contributed by atoms with Crippen molar-refractivity contribution >= 4 is 11.0 Å². The van der Waals surface area contributed by atoms with Crippen LogP contribution in [0.25, 0.3) is 11.0 Å². The molecule has 0 saturated carbocycles. The Morgan fingerprint density at radius 1 is 1.05 bits per heavy atom. The van der Waals surface area contributed by atoms with Crippen LogP contribution >= 0.6 is 0 Å². The second-order valence-corrected chi connectivity index (χ2v) is 5.14. The van der Waals surface area contributed by atoms with Gasteiger partial charge in [0.05, 0.1) is 30.0 Å². The zero-order valence-corrected chi connectivity index (χ0v) is 11.8. The minimum absolute atomic E-state index is 0.0233. The molecule has 0 radical (unpaired) electrons. The van der Waals surface area contributed by atoms with Crippen LogP contribution in [-0.2, 0) is 0 Å². The quantitative estimate of drug-likeness (QED) is 0.754. The standard InChI is InChI=1S/C17H19N3O/c18-10-17(14(11-21)13-6-2-1-3-7-13)20-12-19-15-8-4-5-9-16(15)20/h1-9,12,14,17,21H,10-11,18H2. The Bertz CT molecular complexity index is 708. The predicted octanol–water partition coefficient (Wildman–Crippen LogP) is 2.31. The molecule has 2 atom stereocenters. The van der Waals surface area contributed by atoms with Gasteiger partial charge in [-0.15, -0.1) is 0 Å². The van der Waals surface area contributed by atoms with E-state index in [1.54, 1.807) is 0 Å². The average molecular weight is 281 g/mol. The molecule has 0 spiro atoms. The van der Waals surface area contributed by atoms with E-state index in [0.717, 1.165) is 16.6 Å². The number of aliphatic hydroxyl groups excluding tert-OH is 1. The van der Waals surface area contributed by atoms with Crippen LogP contribution < -0.4 is 5.73 Å². The normalized spacial score (nSPS) is 14.2. The molecule has 21 heavy (non-hydrogen) atoms. The maximum absolute atomic E-state index is 9.86. The largest absolute Gasteiger partial charge is 0.396 e. The predicted molar refractivity (Wildman–Crippen MR) is 84.1 cm³/mol. The van der Waals surface area contributed by atoms with Crippen molar-refractivity contribution in [2.24, 2.45) is 5.73 Å². The van der Waals surface area contributed by atoms with Gasteiger partial charge in [-0.2, -0.15) is 0 Å². The summed E-state index contributed by atoms with van der Waals surface area (Å²) in [6.07, 6.45) is 1.81. The van der Waals surface area contributed by atoms with Gasteiger partial charge in [-0.25, -0.2) is 4.98 Å². The lowest BCUT2D eigenvalue weighted by atomic mass is 9.92. The molecule has 1 aromatic heterocycles. The molecule has 3 aromatic rings. The van der Waals surface area contributed by atoms with E-state index < -0.39 is 0 Å². The van der Waals surface area contributed by atoms with Crippen molar-refractivity contribution in [1.82, 2.24) is 9.55 Å². The fourth-order valence-electron chi connectivity index (χ4n) is 2.86. The molecule has 3 N–H and O–H groups in total. The Morgan fingerprint density at radius 3 is 2.48 bits per heavy atom. The molecule has 0 aliphatic heterocycles. The molecule has 2 aromatic carbocycles. The first-order chi connectivity index (χ1) is 10.3. The minimum Gasteiger partial charge on any atom is -0.396 e. The molecule has 108 valence electrons. The lowest BCUT2D eigenvalue weighted by Gasteiger charge is -2.26. The zero-order chi connectivity index (χ0) is 14.7. The summed E-state index contributed by atoms with van der Waals surface area (Å²) in [5, 5.41) is 9.86. The van der Waals surface area contributed by atoms with E-state index >= 15 is 0 Å². The van der Waals surface area contributed by atoms with E-state index in [-0.39, 0.29) is 18.6 Å². The van der Waals surface area contributed by atoms with Crippen LogP contribution in [0.15, 0.2) is 60.9 Å². The maximum Gasteiger partial charge on any atom is 0.0961 e. The van der Waals surface area contributed by atoms with Crippen LogP contribution in [0.2, 0.25) is 0 Å². The summed E-state index contributed by atoms with van der Waals surface area (Å²) in [5.41, 5.74) is 9.09. The summed E-state index contributed by atoms with van der Waals surface area (Å²) in [6.45, 7) is 0.499. The van der Waals surface area contributed by atoms with Gasteiger partial charge in [0.1, 0.15) is 0 Å². The number of aromatic nitrogens is 2. The number of fused-ring (bicyclic) bond motifs is 1. The monoisotopic (exact) mass is 281 g/mol. The minimum atomic E-state index is -0.0474. The lowest BCUT2D eigenvalue weighted by molar-refractivity contribution is 0.229. The Labute approximate surface area is 123 Å². The van der Waals surface area contributed by atoms with Gasteiger partial charge in [0.15, 0.2) is 0 Å². The van der Waals surface area contributed by atoms with Crippen molar-refractivity contribution in [2.75, 3.05) is 13.2 Å². The van der Waals surface area contributed by atoms with Gasteiger partial charge < -0.3 is 15.4 Å². The molecule has 0 saturated heterocycles. The van der Waals surface area contributed by atoms with Gasteiger partial charge in [-0.05, 0) is 17.7 Å². The molecule has 1 heterocycles. The molecule has 4 heteroatoms. The first-order valence-corrected chi connectivity index (χ1v) is 7.12. The third kappa shape index (κ3) is 2.55. The van der Waals surface area contributed by atoms with Gasteiger partial charge in [0, 0.05) is 12.5 Å². The van der Waals surface area contributed by atoms with Crippen molar-refractivity contribution in [2.45, 2.75) is 12.0 Å². The Hall–Kier alpha value is -2.17. The summed E-state index contributed by atoms with van der Waals surface area (Å²) in [7, 11) is 0. The van der Waals surface area contributed by atoms with Gasteiger partial charge in [-0.3, -0.25) is 0 Å². The number of para-hydroxylation sites is 2. The Morgan fingerprint density at radius 2 is 1.76 bits per heavy atom. The van der Waals surface area contributed by atoms with E-state index in [1.807, 2.05) is 60.9 Å². The second kappa shape index (κ2) is 6.08. The molecule has 3 rings (SSSR count). The SMILES string of the molecule is NCC(C(CO)c1ccccc1)n1cnc2ccccc21. The number of nitrogens with two attached hydrogens (primary N) is 1. The number of imidazole rings is 1. The molecule has 0 aliphatic rings. The Kier molecular flexibility index (Phi) is 3.99. The average Bonchev–Trinajstić information content (AvgIpc) is 2.97. The second-order valence-electron chi connectivity index (χ2n) is 5.14. The summed E-state index contributed by atoms with van der Waals surface area (Å²) < 4.78 is 2.07. The van der Waals surface area contributed by atoms with E-state index in [0.29, 0.717) is 6.54 Å². The summed E-state index contributed by atoms with van der Waals surface area (Å²) in [4.78, 5) is 4.42. The van der Waals surface area contributed by atoms with Gasteiger partial charge in [0.25, 0.3) is 0 Å². The highest BCUT2D eigenvalue weighted by Crippen LogP contribution is 2.30. The smallest absolute Gasteiger partial charge is 0.0961 e. The fraction of sp³-hybridized carbons (Fsp3) is 0.235. The summed E-state index contributed by atoms with van der Waals surface area (Å²) in [6, 6.07) is 18.0. The Balaban J connectivity index is 2.04. The first-order valence-electron chi connectivity index (χ1n) is 7.12. The number of hydrogen-bond acceptors (Lipinski definition) is 3. The summed E-state index contributed by atoms with van der Waals surface area (Å²) >= 11 is 0. The number of rotatable bonds is 5. The topological polar surface area (TPSA) is 64.1 Å². The van der Waals surface area contributed by atoms with Crippen molar-refractivity contribution in [3.05, 3.63) is 66.5 Å². The molecule has 2 unspecified atom stereocenters. The first kappa shape index (κ1) is 13.8. The van der Waals surface area contributed by atoms with E-state index in [9.17, 15) is 5.11 Å². The van der Waals surface area contributed by atoms with E-state index in [4.69, 9.17) is 5.73 Å². The third-order valence-electron chi connectivity index (χ3n) is 3.97. The van der Waals surface area contributed by atoms with Crippen LogP contribution in [0.5, 0.6) is 0 Å². The highest BCUT2D eigenvalue weighted by molar-refractivity contribution is 5.75. The van der Waals surface area contributed by atoms with Crippen molar-refractivity contribution in [1.29, 1.82) is 0 Å². The molecule has 0 aliphatic carbocycles. The highest BCUT2D eigenvalue weighted by atomic mass is 16.3. The number of aliphatic hydroxyl groups is 1. The van der Waals surface area contributed by atoms with E-state index in [1.165, 1.54) is 0 Å². The summed E-state index contributed by atoms with van der Waals surface area (Å²) in [5.74, 6) is -0.0474. The molecule has 0 fully saturated rings. The maximum atomic E-state index is 9.86. The third-order valence-corrected chi connectivity index (χ3v) is 3.97. The van der Waals surface area contributed by atoms with Crippen LogP contribution in [-0.4, -0.2) is 27.8 Å². The molecule has 0 amide bonds. The van der Waals surface area contributed by atoms with Crippen LogP contribution in [0.3, 0.4) is 0 Å². The number of nitrogens with zero attached hydrogens (tertiary/aromatic N) is 2. The molecule has 4 nitrogen and oxygen atoms in total. The van der Waals surface area contributed by atoms with Crippen molar-refractivity contribution in [3.8, 4) is 0 Å². The van der Waals surface area contributed by atoms with Gasteiger partial charge in [-0.1, -0.05) is 42.5 Å². The van der Waals surface area contributed by atoms with Crippen molar-refractivity contribution < 1.29 is 5.11 Å². The van der Waals surface area contributed by atoms with Crippen LogP contribution in [0.4, 0.5) is 0 Å². The molecule has 0 bridgehead atoms.